The highest BCUT2D eigenvalue weighted by Gasteiger charge is 2.26. The zero-order valence-corrected chi connectivity index (χ0v) is 21.6. The summed E-state index contributed by atoms with van der Waals surface area (Å²) in [5, 5.41) is 28.1. The Morgan fingerprint density at radius 2 is 1.97 bits per heavy atom. The van der Waals surface area contributed by atoms with Crippen LogP contribution in [0.5, 0.6) is 5.75 Å². The summed E-state index contributed by atoms with van der Waals surface area (Å²) in [6, 6.07) is 9.64. The highest BCUT2D eigenvalue weighted by atomic mass is 35.5. The minimum absolute atomic E-state index is 0.116. The Morgan fingerprint density at radius 1 is 1.20 bits per heavy atom. The second-order valence-electron chi connectivity index (χ2n) is 7.29. The molecule has 0 aliphatic rings. The monoisotopic (exact) mass is 547 g/mol. The lowest BCUT2D eigenvalue weighted by molar-refractivity contribution is 0.0942. The number of hydrazone groups is 1. The molecule has 3 aromatic heterocycles. The molecule has 0 spiro atoms. The molecular formula is C23H19Cl2N5O3S2. The van der Waals surface area contributed by atoms with Crippen LogP contribution in [0.2, 0.25) is 10.0 Å². The molecule has 1 unspecified atom stereocenters. The van der Waals surface area contributed by atoms with Gasteiger partial charge in [0.05, 0.1) is 36.4 Å². The normalized spacial score (nSPS) is 12.1. The molecule has 3 N–H and O–H groups in total. The second kappa shape index (κ2) is 10.6. The largest absolute Gasteiger partial charge is 0.504 e. The topological polar surface area (TPSA) is 111 Å². The molecule has 180 valence electrons. The van der Waals surface area contributed by atoms with Crippen molar-refractivity contribution in [1.82, 2.24) is 15.5 Å². The van der Waals surface area contributed by atoms with Crippen LogP contribution in [0.4, 0.5) is 5.69 Å². The van der Waals surface area contributed by atoms with Crippen LogP contribution < -0.4 is 10.3 Å². The van der Waals surface area contributed by atoms with Crippen molar-refractivity contribution in [3.05, 3.63) is 73.5 Å². The van der Waals surface area contributed by atoms with E-state index in [4.69, 9.17) is 23.2 Å². The van der Waals surface area contributed by atoms with Crippen molar-refractivity contribution in [3.8, 4) is 16.2 Å². The number of thiophene rings is 2. The number of rotatable bonds is 7. The van der Waals surface area contributed by atoms with Crippen molar-refractivity contribution in [3.63, 3.8) is 0 Å². The number of carbonyl (C=O) groups excluding carboxylic acids is 2. The van der Waals surface area contributed by atoms with Gasteiger partial charge in [-0.3, -0.25) is 14.7 Å². The lowest BCUT2D eigenvalue weighted by Gasteiger charge is -2.15. The van der Waals surface area contributed by atoms with Gasteiger partial charge < -0.3 is 10.4 Å². The lowest BCUT2D eigenvalue weighted by atomic mass is 10.1. The number of aromatic hydroxyl groups is 1. The number of hydrogen-bond acceptors (Lipinski definition) is 7. The van der Waals surface area contributed by atoms with Gasteiger partial charge in [0, 0.05) is 17.8 Å². The molecule has 1 aromatic carbocycles. The van der Waals surface area contributed by atoms with E-state index >= 15 is 0 Å². The number of benzene rings is 1. The molecule has 0 bridgehead atoms. The van der Waals surface area contributed by atoms with E-state index in [1.807, 2.05) is 6.92 Å². The highest BCUT2D eigenvalue weighted by molar-refractivity contribution is 7.16. The van der Waals surface area contributed by atoms with E-state index in [1.54, 1.807) is 54.9 Å². The fourth-order valence-electron chi connectivity index (χ4n) is 3.21. The minimum Gasteiger partial charge on any atom is -0.504 e. The molecule has 1 atom stereocenters. The van der Waals surface area contributed by atoms with Gasteiger partial charge in [-0.05, 0) is 49.7 Å². The molecule has 0 saturated heterocycles. The van der Waals surface area contributed by atoms with Gasteiger partial charge in [-0.15, -0.1) is 22.7 Å². The van der Waals surface area contributed by atoms with Gasteiger partial charge in [0.25, 0.3) is 11.8 Å². The standard InChI is InChI=1S/C23H19Cl2N5O3S2/c1-3-27-30(17-11-34-21(20(17)31)13-4-5-14(24)15(25)10-13)23(33)19-7-6-18(35-19)22(32)28-12(2)16-8-9-26-29-16/h3-12,31H,1-2H3,(H,26,29)(H,28,32). The lowest BCUT2D eigenvalue weighted by Crippen LogP contribution is -2.26. The predicted octanol–water partition coefficient (Wildman–Crippen LogP) is 6.36. The van der Waals surface area contributed by atoms with Crippen LogP contribution >= 0.6 is 45.9 Å². The number of aromatic nitrogens is 2. The van der Waals surface area contributed by atoms with Crippen LogP contribution in [-0.4, -0.2) is 33.3 Å². The van der Waals surface area contributed by atoms with Crippen molar-refractivity contribution in [2.45, 2.75) is 19.9 Å². The average Bonchev–Trinajstić information content (AvgIpc) is 3.60. The van der Waals surface area contributed by atoms with Crippen LogP contribution in [-0.2, 0) is 0 Å². The van der Waals surface area contributed by atoms with Crippen molar-refractivity contribution < 1.29 is 14.7 Å². The Morgan fingerprint density at radius 3 is 2.66 bits per heavy atom. The average molecular weight is 548 g/mol. The SMILES string of the molecule is CC=NN(C(=O)c1ccc(C(=O)NC(C)c2ccn[nH]2)s1)c1csc(-c2ccc(Cl)c(Cl)c2)c1O. The third-order valence-electron chi connectivity index (χ3n) is 4.96. The molecule has 8 nitrogen and oxygen atoms in total. The fourth-order valence-corrected chi connectivity index (χ4v) is 5.26. The van der Waals surface area contributed by atoms with E-state index < -0.39 is 5.91 Å². The van der Waals surface area contributed by atoms with Gasteiger partial charge in [-0.2, -0.15) is 15.2 Å². The maximum absolute atomic E-state index is 13.3. The number of nitrogens with zero attached hydrogens (tertiary/aromatic N) is 3. The first-order valence-corrected chi connectivity index (χ1v) is 12.7. The summed E-state index contributed by atoms with van der Waals surface area (Å²) in [7, 11) is 0. The first kappa shape index (κ1) is 24.9. The van der Waals surface area contributed by atoms with Crippen LogP contribution in [0.25, 0.3) is 10.4 Å². The molecule has 35 heavy (non-hydrogen) atoms. The van der Waals surface area contributed by atoms with Crippen molar-refractivity contribution in [1.29, 1.82) is 0 Å². The number of anilines is 1. The maximum Gasteiger partial charge on any atom is 0.288 e. The molecule has 0 saturated carbocycles. The molecule has 2 amide bonds. The molecule has 0 aliphatic carbocycles. The summed E-state index contributed by atoms with van der Waals surface area (Å²) in [6.07, 6.45) is 3.05. The Hall–Kier alpha value is -3.18. The van der Waals surface area contributed by atoms with E-state index in [0.29, 0.717) is 25.4 Å². The van der Waals surface area contributed by atoms with Gasteiger partial charge in [0.15, 0.2) is 5.75 Å². The van der Waals surface area contributed by atoms with Crippen molar-refractivity contribution in [2.75, 3.05) is 5.01 Å². The highest BCUT2D eigenvalue weighted by Crippen LogP contribution is 2.45. The molecule has 12 heteroatoms. The quantitative estimate of drug-likeness (QED) is 0.185. The molecule has 4 aromatic rings. The number of nitrogens with one attached hydrogen (secondary N) is 2. The third kappa shape index (κ3) is 5.25. The predicted molar refractivity (Wildman–Crippen MR) is 141 cm³/mol. The second-order valence-corrected chi connectivity index (χ2v) is 10.1. The smallest absolute Gasteiger partial charge is 0.288 e. The molecule has 0 aliphatic heterocycles. The first-order chi connectivity index (χ1) is 16.8. The zero-order valence-electron chi connectivity index (χ0n) is 18.5. The summed E-state index contributed by atoms with van der Waals surface area (Å²) < 4.78 is 0. The third-order valence-corrected chi connectivity index (χ3v) is 7.77. The zero-order chi connectivity index (χ0) is 25.1. The maximum atomic E-state index is 13.3. The van der Waals surface area contributed by atoms with E-state index in [-0.39, 0.29) is 28.3 Å². The summed E-state index contributed by atoms with van der Waals surface area (Å²) in [5.41, 5.74) is 1.63. The van der Waals surface area contributed by atoms with Gasteiger partial charge >= 0.3 is 0 Å². The van der Waals surface area contributed by atoms with Crippen LogP contribution in [0.1, 0.15) is 44.9 Å². The Labute approximate surface area is 218 Å². The fraction of sp³-hybridized carbons (Fsp3) is 0.130. The van der Waals surface area contributed by atoms with Gasteiger partial charge in [-0.25, -0.2) is 0 Å². The summed E-state index contributed by atoms with van der Waals surface area (Å²) >= 11 is 14.4. The van der Waals surface area contributed by atoms with Crippen LogP contribution in [0.3, 0.4) is 0 Å². The van der Waals surface area contributed by atoms with E-state index in [9.17, 15) is 14.7 Å². The number of halogens is 2. The first-order valence-electron chi connectivity index (χ1n) is 10.3. The van der Waals surface area contributed by atoms with E-state index in [2.05, 4.69) is 20.6 Å². The molecule has 0 fully saturated rings. The summed E-state index contributed by atoms with van der Waals surface area (Å²) in [5.74, 6) is -0.917. The Kier molecular flexibility index (Phi) is 7.56. The van der Waals surface area contributed by atoms with Crippen LogP contribution in [0, 0.1) is 0 Å². The number of amides is 2. The van der Waals surface area contributed by atoms with Crippen LogP contribution in [0.15, 0.2) is 53.1 Å². The summed E-state index contributed by atoms with van der Waals surface area (Å²) in [6.45, 7) is 3.49. The summed E-state index contributed by atoms with van der Waals surface area (Å²) in [4.78, 5) is 27.1. The minimum atomic E-state index is -0.484. The van der Waals surface area contributed by atoms with Gasteiger partial charge in [0.1, 0.15) is 5.69 Å². The van der Waals surface area contributed by atoms with E-state index in [1.165, 1.54) is 17.6 Å². The molecular weight excluding hydrogens is 529 g/mol. The molecule has 0 radical (unpaired) electrons. The van der Waals surface area contributed by atoms with Gasteiger partial charge in [0.2, 0.25) is 0 Å². The van der Waals surface area contributed by atoms with Crippen molar-refractivity contribution >= 4 is 69.6 Å². The Bertz CT molecular complexity index is 1400. The number of carbonyl (C=O) groups is 2. The Balaban J connectivity index is 1.57. The number of H-pyrrole nitrogens is 1. The number of hydrogen-bond donors (Lipinski definition) is 3. The molecule has 4 rings (SSSR count). The molecule has 3 heterocycles. The van der Waals surface area contributed by atoms with E-state index in [0.717, 1.165) is 22.0 Å². The number of aromatic amines is 1. The van der Waals surface area contributed by atoms with Crippen molar-refractivity contribution in [2.24, 2.45) is 5.10 Å². The van der Waals surface area contributed by atoms with Gasteiger partial charge in [-0.1, -0.05) is 29.3 Å².